The van der Waals surface area contributed by atoms with E-state index in [4.69, 9.17) is 20.9 Å². The molecule has 2 aromatic heterocycles. The third kappa shape index (κ3) is 4.02. The lowest BCUT2D eigenvalue weighted by Gasteiger charge is -2.14. The first-order chi connectivity index (χ1) is 17.0. The molecule has 0 atom stereocenters. The number of carbonyl (C=O) groups excluding carboxylic acids is 1. The quantitative estimate of drug-likeness (QED) is 0.347. The number of carbonyl (C=O) groups is 1. The number of benzene rings is 3. The summed E-state index contributed by atoms with van der Waals surface area (Å²) in [5.74, 6) is -0.178. The first kappa shape index (κ1) is 22.3. The van der Waals surface area contributed by atoms with Gasteiger partial charge < -0.3 is 9.26 Å². The number of nitrogens with zero attached hydrogens (tertiary/aromatic N) is 4. The molecule has 5 rings (SSSR count). The van der Waals surface area contributed by atoms with Crippen molar-refractivity contribution >= 4 is 28.5 Å². The molecule has 0 aliphatic carbocycles. The molecule has 5 aromatic rings. The van der Waals surface area contributed by atoms with E-state index in [1.807, 2.05) is 0 Å². The largest absolute Gasteiger partial charge is 0.465 e. The average molecular weight is 489 g/mol. The Morgan fingerprint density at radius 3 is 2.49 bits per heavy atom. The molecule has 174 valence electrons. The van der Waals surface area contributed by atoms with Gasteiger partial charge in [-0.25, -0.2) is 14.2 Å². The first-order valence-electron chi connectivity index (χ1n) is 10.5. The van der Waals surface area contributed by atoms with Crippen molar-refractivity contribution in [3.05, 3.63) is 110 Å². The van der Waals surface area contributed by atoms with Crippen molar-refractivity contribution in [2.75, 3.05) is 7.11 Å². The van der Waals surface area contributed by atoms with E-state index in [1.54, 1.807) is 60.7 Å². The minimum Gasteiger partial charge on any atom is -0.465 e. The molecule has 0 bridgehead atoms. The third-order valence-electron chi connectivity index (χ3n) is 5.46. The first-order valence-corrected chi connectivity index (χ1v) is 10.9. The molecular weight excluding hydrogens is 472 g/mol. The molecule has 0 unspecified atom stereocenters. The summed E-state index contributed by atoms with van der Waals surface area (Å²) in [4.78, 5) is 43.8. The summed E-state index contributed by atoms with van der Waals surface area (Å²) in [7, 11) is 1.23. The van der Waals surface area contributed by atoms with E-state index in [2.05, 4.69) is 10.1 Å². The molecule has 35 heavy (non-hydrogen) atoms. The van der Waals surface area contributed by atoms with Crippen LogP contribution in [0.2, 0.25) is 5.02 Å². The Kier molecular flexibility index (Phi) is 5.76. The smallest absolute Gasteiger partial charge is 0.339 e. The Hall–Kier alpha value is -4.50. The Balaban J connectivity index is 1.68. The van der Waals surface area contributed by atoms with Crippen LogP contribution in [-0.2, 0) is 11.3 Å². The molecular formula is C25H17ClN4O5. The van der Waals surface area contributed by atoms with E-state index in [-0.39, 0.29) is 29.1 Å². The number of rotatable bonds is 5. The molecule has 0 spiro atoms. The maximum atomic E-state index is 13.7. The van der Waals surface area contributed by atoms with Gasteiger partial charge in [0.2, 0.25) is 11.7 Å². The maximum absolute atomic E-state index is 13.7. The van der Waals surface area contributed by atoms with E-state index in [0.717, 1.165) is 4.57 Å². The van der Waals surface area contributed by atoms with Gasteiger partial charge in [-0.15, -0.1) is 0 Å². The topological polar surface area (TPSA) is 109 Å². The van der Waals surface area contributed by atoms with Crippen molar-refractivity contribution in [3.63, 3.8) is 0 Å². The molecule has 0 amide bonds. The molecule has 2 heterocycles. The Morgan fingerprint density at radius 1 is 1.00 bits per heavy atom. The van der Waals surface area contributed by atoms with Gasteiger partial charge in [-0.1, -0.05) is 41.0 Å². The lowest BCUT2D eigenvalue weighted by molar-refractivity contribution is 0.0600. The van der Waals surface area contributed by atoms with Gasteiger partial charge in [0.25, 0.3) is 5.56 Å². The fourth-order valence-electron chi connectivity index (χ4n) is 3.81. The minimum atomic E-state index is -0.670. The predicted octanol–water partition coefficient (Wildman–Crippen LogP) is 3.69. The third-order valence-corrected chi connectivity index (χ3v) is 5.72. The number of hydrogen-bond donors (Lipinski definition) is 0. The van der Waals surface area contributed by atoms with Crippen molar-refractivity contribution in [1.82, 2.24) is 19.3 Å². The molecule has 9 nitrogen and oxygen atoms in total. The molecule has 0 fully saturated rings. The lowest BCUT2D eigenvalue weighted by Crippen LogP contribution is -2.40. The minimum absolute atomic E-state index is 0.0823. The van der Waals surface area contributed by atoms with Crippen LogP contribution in [-0.4, -0.2) is 32.4 Å². The highest BCUT2D eigenvalue weighted by atomic mass is 35.5. The van der Waals surface area contributed by atoms with Gasteiger partial charge in [0, 0.05) is 10.6 Å². The number of fused-ring (bicyclic) bond motifs is 1. The van der Waals surface area contributed by atoms with E-state index in [0.29, 0.717) is 21.9 Å². The van der Waals surface area contributed by atoms with Crippen LogP contribution in [0.15, 0.2) is 86.9 Å². The van der Waals surface area contributed by atoms with Crippen LogP contribution in [0.1, 0.15) is 16.2 Å². The molecule has 0 N–H and O–H groups in total. The Labute approximate surface area is 202 Å². The summed E-state index contributed by atoms with van der Waals surface area (Å²) in [6.45, 7) is -0.0966. The van der Waals surface area contributed by atoms with Gasteiger partial charge in [-0.05, 0) is 48.5 Å². The van der Waals surface area contributed by atoms with Crippen molar-refractivity contribution < 1.29 is 14.1 Å². The molecule has 0 radical (unpaired) electrons. The van der Waals surface area contributed by atoms with Crippen molar-refractivity contribution in [2.45, 2.75) is 6.54 Å². The van der Waals surface area contributed by atoms with Crippen molar-refractivity contribution in [1.29, 1.82) is 0 Å². The molecule has 3 aromatic carbocycles. The number of hydrogen-bond acceptors (Lipinski definition) is 7. The lowest BCUT2D eigenvalue weighted by atomic mass is 10.1. The van der Waals surface area contributed by atoms with Gasteiger partial charge in [-0.3, -0.25) is 9.36 Å². The van der Waals surface area contributed by atoms with Gasteiger partial charge >= 0.3 is 11.7 Å². The highest BCUT2D eigenvalue weighted by Gasteiger charge is 2.21. The average Bonchev–Trinajstić information content (AvgIpc) is 3.35. The molecule has 0 saturated carbocycles. The highest BCUT2D eigenvalue weighted by Crippen LogP contribution is 2.20. The number of methoxy groups -OCH3 is 1. The number of aromatic nitrogens is 4. The maximum Gasteiger partial charge on any atom is 0.339 e. The summed E-state index contributed by atoms with van der Waals surface area (Å²) in [5.41, 5.74) is 0.0427. The Morgan fingerprint density at radius 2 is 1.71 bits per heavy atom. The second kappa shape index (κ2) is 9.03. The summed E-state index contributed by atoms with van der Waals surface area (Å²) in [6.07, 6.45) is 0. The monoisotopic (exact) mass is 488 g/mol. The molecule has 0 aliphatic rings. The van der Waals surface area contributed by atoms with Crippen LogP contribution in [0, 0.1) is 0 Å². The summed E-state index contributed by atoms with van der Waals surface area (Å²) in [6, 6.07) is 19.9. The van der Waals surface area contributed by atoms with E-state index in [1.165, 1.54) is 23.8 Å². The molecule has 10 heteroatoms. The molecule has 0 aliphatic heterocycles. The van der Waals surface area contributed by atoms with Gasteiger partial charge in [0.05, 0.1) is 29.3 Å². The summed E-state index contributed by atoms with van der Waals surface area (Å²) >= 11 is 5.94. The number of esters is 1. The predicted molar refractivity (Wildman–Crippen MR) is 129 cm³/mol. The highest BCUT2D eigenvalue weighted by molar-refractivity contribution is 6.30. The zero-order valence-corrected chi connectivity index (χ0v) is 19.1. The fraction of sp³-hybridized carbons (Fsp3) is 0.0800. The standard InChI is InChI=1S/C25H17ClN4O5/c1-34-24(32)18-7-3-5-9-20(18)30-23(31)17-6-2-4-8-19(17)29(25(30)33)14-21-27-22(28-35-21)15-10-12-16(26)13-11-15/h2-13H,14H2,1H3. The van der Waals surface area contributed by atoms with Crippen molar-refractivity contribution in [2.24, 2.45) is 0 Å². The van der Waals surface area contributed by atoms with Crippen LogP contribution in [0.25, 0.3) is 28.0 Å². The van der Waals surface area contributed by atoms with Crippen LogP contribution >= 0.6 is 11.6 Å². The van der Waals surface area contributed by atoms with Gasteiger partial charge in [0.1, 0.15) is 6.54 Å². The van der Waals surface area contributed by atoms with Crippen molar-refractivity contribution in [3.8, 4) is 17.1 Å². The van der Waals surface area contributed by atoms with Crippen LogP contribution < -0.4 is 11.2 Å². The summed E-state index contributed by atoms with van der Waals surface area (Å²) < 4.78 is 12.5. The van der Waals surface area contributed by atoms with Gasteiger partial charge in [-0.2, -0.15) is 4.98 Å². The zero-order valence-electron chi connectivity index (χ0n) is 18.3. The summed E-state index contributed by atoms with van der Waals surface area (Å²) in [5, 5.41) is 4.85. The van der Waals surface area contributed by atoms with Gasteiger partial charge in [0.15, 0.2) is 0 Å². The van der Waals surface area contributed by atoms with Crippen LogP contribution in [0.3, 0.4) is 0 Å². The second-order valence-electron chi connectivity index (χ2n) is 7.55. The van der Waals surface area contributed by atoms with E-state index in [9.17, 15) is 14.4 Å². The second-order valence-corrected chi connectivity index (χ2v) is 7.99. The SMILES string of the molecule is COC(=O)c1ccccc1-n1c(=O)c2ccccc2n(Cc2nc(-c3ccc(Cl)cc3)no2)c1=O. The zero-order chi connectivity index (χ0) is 24.5. The van der Waals surface area contributed by atoms with Crippen LogP contribution in [0.4, 0.5) is 0 Å². The van der Waals surface area contributed by atoms with E-state index < -0.39 is 17.2 Å². The normalized spacial score (nSPS) is 11.0. The molecule has 0 saturated heterocycles. The Bertz CT molecular complexity index is 1690. The number of para-hydroxylation sites is 2. The number of halogens is 1. The van der Waals surface area contributed by atoms with E-state index >= 15 is 0 Å². The fourth-order valence-corrected chi connectivity index (χ4v) is 3.93. The number of ether oxygens (including phenoxy) is 1. The van der Waals surface area contributed by atoms with Crippen LogP contribution in [0.5, 0.6) is 0 Å².